The molecule has 2 heteroatoms. The van der Waals surface area contributed by atoms with Crippen molar-refractivity contribution in [2.75, 3.05) is 12.3 Å². The standard InChI is InChI=1S/C12H16N2/c1-9-6-7-14-12(8-9)10-4-2-3-5-11(10)13/h2-6,12,14H,7-8,13H2,1H3. The second-order valence-corrected chi connectivity index (χ2v) is 3.84. The Morgan fingerprint density at radius 3 is 2.86 bits per heavy atom. The molecule has 2 rings (SSSR count). The molecular weight excluding hydrogens is 172 g/mol. The number of benzene rings is 1. The molecule has 1 unspecified atom stereocenters. The molecular formula is C12H16N2. The van der Waals surface area contributed by atoms with E-state index in [2.05, 4.69) is 24.4 Å². The van der Waals surface area contributed by atoms with E-state index in [1.54, 1.807) is 0 Å². The van der Waals surface area contributed by atoms with Gasteiger partial charge < -0.3 is 11.1 Å². The van der Waals surface area contributed by atoms with E-state index in [0.717, 1.165) is 18.7 Å². The summed E-state index contributed by atoms with van der Waals surface area (Å²) in [5, 5.41) is 3.45. The van der Waals surface area contributed by atoms with Crippen LogP contribution >= 0.6 is 0 Å². The Kier molecular flexibility index (Phi) is 2.55. The fourth-order valence-electron chi connectivity index (χ4n) is 1.90. The predicted octanol–water partition coefficient (Wildman–Crippen LogP) is 2.25. The van der Waals surface area contributed by atoms with Crippen molar-refractivity contribution in [1.82, 2.24) is 5.32 Å². The van der Waals surface area contributed by atoms with E-state index in [1.807, 2.05) is 18.2 Å². The minimum atomic E-state index is 0.390. The lowest BCUT2D eigenvalue weighted by atomic mass is 9.95. The SMILES string of the molecule is CC1=CCNC(c2ccccc2N)C1. The maximum Gasteiger partial charge on any atom is 0.0380 e. The molecule has 0 amide bonds. The van der Waals surface area contributed by atoms with Gasteiger partial charge in [-0.3, -0.25) is 0 Å². The van der Waals surface area contributed by atoms with E-state index in [9.17, 15) is 0 Å². The Morgan fingerprint density at radius 2 is 2.14 bits per heavy atom. The average molecular weight is 188 g/mol. The van der Waals surface area contributed by atoms with Gasteiger partial charge in [-0.05, 0) is 25.0 Å². The molecule has 2 nitrogen and oxygen atoms in total. The van der Waals surface area contributed by atoms with Crippen LogP contribution in [0.4, 0.5) is 5.69 Å². The van der Waals surface area contributed by atoms with Gasteiger partial charge in [0.25, 0.3) is 0 Å². The van der Waals surface area contributed by atoms with Crippen LogP contribution in [0.1, 0.15) is 24.9 Å². The summed E-state index contributed by atoms with van der Waals surface area (Å²) in [6.45, 7) is 3.12. The van der Waals surface area contributed by atoms with E-state index in [4.69, 9.17) is 5.73 Å². The maximum atomic E-state index is 5.94. The third-order valence-electron chi connectivity index (χ3n) is 2.71. The normalized spacial score (nSPS) is 21.8. The Morgan fingerprint density at radius 1 is 1.36 bits per heavy atom. The van der Waals surface area contributed by atoms with Crippen molar-refractivity contribution in [2.45, 2.75) is 19.4 Å². The van der Waals surface area contributed by atoms with Crippen molar-refractivity contribution in [3.05, 3.63) is 41.5 Å². The van der Waals surface area contributed by atoms with Gasteiger partial charge in [0.15, 0.2) is 0 Å². The zero-order valence-electron chi connectivity index (χ0n) is 8.46. The average Bonchev–Trinajstić information content (AvgIpc) is 2.18. The number of rotatable bonds is 1. The van der Waals surface area contributed by atoms with Crippen molar-refractivity contribution in [3.63, 3.8) is 0 Å². The number of nitrogen functional groups attached to an aromatic ring is 1. The van der Waals surface area contributed by atoms with Crippen LogP contribution in [-0.2, 0) is 0 Å². The molecule has 1 aromatic rings. The molecule has 1 aliphatic rings. The number of para-hydroxylation sites is 1. The Bertz CT molecular complexity index is 355. The molecule has 14 heavy (non-hydrogen) atoms. The minimum Gasteiger partial charge on any atom is -0.398 e. The molecule has 0 spiro atoms. The number of nitrogens with two attached hydrogens (primary N) is 1. The van der Waals surface area contributed by atoms with E-state index in [1.165, 1.54) is 11.1 Å². The minimum absolute atomic E-state index is 0.390. The predicted molar refractivity (Wildman–Crippen MR) is 60.0 cm³/mol. The summed E-state index contributed by atoms with van der Waals surface area (Å²) < 4.78 is 0. The van der Waals surface area contributed by atoms with Crippen LogP contribution < -0.4 is 11.1 Å². The molecule has 0 saturated carbocycles. The van der Waals surface area contributed by atoms with Gasteiger partial charge in [0.2, 0.25) is 0 Å². The second-order valence-electron chi connectivity index (χ2n) is 3.84. The smallest absolute Gasteiger partial charge is 0.0380 e. The van der Waals surface area contributed by atoms with Crippen LogP contribution in [0.15, 0.2) is 35.9 Å². The highest BCUT2D eigenvalue weighted by molar-refractivity contribution is 5.48. The van der Waals surface area contributed by atoms with Crippen molar-refractivity contribution < 1.29 is 0 Å². The summed E-state index contributed by atoms with van der Waals surface area (Å²) in [5.74, 6) is 0. The Labute approximate surface area is 84.8 Å². The largest absolute Gasteiger partial charge is 0.398 e. The lowest BCUT2D eigenvalue weighted by Crippen LogP contribution is -2.26. The summed E-state index contributed by atoms with van der Waals surface area (Å²) in [4.78, 5) is 0. The molecule has 0 aromatic heterocycles. The topological polar surface area (TPSA) is 38.0 Å². The monoisotopic (exact) mass is 188 g/mol. The van der Waals surface area contributed by atoms with Crippen molar-refractivity contribution in [2.24, 2.45) is 0 Å². The van der Waals surface area contributed by atoms with Crippen LogP contribution in [0.5, 0.6) is 0 Å². The summed E-state index contributed by atoms with van der Waals surface area (Å²) in [6.07, 6.45) is 3.30. The van der Waals surface area contributed by atoms with Gasteiger partial charge in [0.05, 0.1) is 0 Å². The molecule has 0 fully saturated rings. The van der Waals surface area contributed by atoms with E-state index >= 15 is 0 Å². The summed E-state index contributed by atoms with van der Waals surface area (Å²) in [6, 6.07) is 8.47. The van der Waals surface area contributed by atoms with Gasteiger partial charge >= 0.3 is 0 Å². The molecule has 0 saturated heterocycles. The molecule has 74 valence electrons. The molecule has 0 aliphatic carbocycles. The molecule has 3 N–H and O–H groups in total. The quantitative estimate of drug-likeness (QED) is 0.524. The van der Waals surface area contributed by atoms with E-state index in [-0.39, 0.29) is 0 Å². The fourth-order valence-corrected chi connectivity index (χ4v) is 1.90. The Hall–Kier alpha value is -1.28. The van der Waals surface area contributed by atoms with Gasteiger partial charge in [-0.1, -0.05) is 29.8 Å². The molecule has 1 aliphatic heterocycles. The van der Waals surface area contributed by atoms with E-state index in [0.29, 0.717) is 6.04 Å². The first-order chi connectivity index (χ1) is 6.77. The Balaban J connectivity index is 2.24. The third-order valence-corrected chi connectivity index (χ3v) is 2.71. The van der Waals surface area contributed by atoms with Crippen molar-refractivity contribution in [1.29, 1.82) is 0 Å². The van der Waals surface area contributed by atoms with Crippen LogP contribution in [-0.4, -0.2) is 6.54 Å². The zero-order valence-corrected chi connectivity index (χ0v) is 8.46. The highest BCUT2D eigenvalue weighted by atomic mass is 14.9. The van der Waals surface area contributed by atoms with Gasteiger partial charge in [-0.2, -0.15) is 0 Å². The van der Waals surface area contributed by atoms with Crippen LogP contribution in [0.2, 0.25) is 0 Å². The first-order valence-electron chi connectivity index (χ1n) is 5.01. The number of nitrogens with one attached hydrogen (secondary N) is 1. The third kappa shape index (κ3) is 1.80. The first kappa shape index (κ1) is 9.28. The van der Waals surface area contributed by atoms with Gasteiger partial charge in [0.1, 0.15) is 0 Å². The van der Waals surface area contributed by atoms with Crippen LogP contribution in [0.3, 0.4) is 0 Å². The molecule has 0 bridgehead atoms. The van der Waals surface area contributed by atoms with Crippen LogP contribution in [0, 0.1) is 0 Å². The zero-order chi connectivity index (χ0) is 9.97. The number of hydrogen-bond donors (Lipinski definition) is 2. The lowest BCUT2D eigenvalue weighted by molar-refractivity contribution is 0.539. The summed E-state index contributed by atoms with van der Waals surface area (Å²) >= 11 is 0. The van der Waals surface area contributed by atoms with Gasteiger partial charge in [-0.25, -0.2) is 0 Å². The highest BCUT2D eigenvalue weighted by Crippen LogP contribution is 2.27. The molecule has 1 atom stereocenters. The van der Waals surface area contributed by atoms with E-state index < -0.39 is 0 Å². The lowest BCUT2D eigenvalue weighted by Gasteiger charge is -2.24. The van der Waals surface area contributed by atoms with Crippen LogP contribution in [0.25, 0.3) is 0 Å². The number of anilines is 1. The summed E-state index contributed by atoms with van der Waals surface area (Å²) in [7, 11) is 0. The molecule has 0 radical (unpaired) electrons. The second kappa shape index (κ2) is 3.84. The fraction of sp³-hybridized carbons (Fsp3) is 0.333. The van der Waals surface area contributed by atoms with Gasteiger partial charge in [-0.15, -0.1) is 0 Å². The van der Waals surface area contributed by atoms with Crippen molar-refractivity contribution in [3.8, 4) is 0 Å². The highest BCUT2D eigenvalue weighted by Gasteiger charge is 2.15. The molecule has 1 heterocycles. The number of hydrogen-bond acceptors (Lipinski definition) is 2. The van der Waals surface area contributed by atoms with Gasteiger partial charge in [0, 0.05) is 18.3 Å². The van der Waals surface area contributed by atoms with Crippen molar-refractivity contribution >= 4 is 5.69 Å². The molecule has 1 aromatic carbocycles. The first-order valence-corrected chi connectivity index (χ1v) is 5.01. The maximum absolute atomic E-state index is 5.94. The summed E-state index contributed by atoms with van der Waals surface area (Å²) in [5.41, 5.74) is 9.49.